The summed E-state index contributed by atoms with van der Waals surface area (Å²) in [7, 11) is 0. The molecule has 0 N–H and O–H groups in total. The second-order valence-corrected chi connectivity index (χ2v) is 11.4. The fourth-order valence-corrected chi connectivity index (χ4v) is 5.92. The fourth-order valence-electron chi connectivity index (χ4n) is 5.92. The molecule has 0 aromatic heterocycles. The molecule has 0 saturated heterocycles. The van der Waals surface area contributed by atoms with E-state index >= 15 is 0 Å². The zero-order valence-electron chi connectivity index (χ0n) is 24.4. The first-order chi connectivity index (χ1) is 20.5. The van der Waals surface area contributed by atoms with Crippen LogP contribution in [0.4, 0.5) is 30.7 Å². The van der Waals surface area contributed by atoms with E-state index in [0.29, 0.717) is 30.7 Å². The van der Waals surface area contributed by atoms with Gasteiger partial charge in [-0.2, -0.15) is 8.78 Å². The fraction of sp³-hybridized carbons (Fsp3) is 0.471. The van der Waals surface area contributed by atoms with Crippen molar-refractivity contribution >= 4 is 0 Å². The third-order valence-electron chi connectivity index (χ3n) is 8.06. The molecular weight excluding hydrogens is 573 g/mol. The van der Waals surface area contributed by atoms with Gasteiger partial charge in [-0.1, -0.05) is 45.6 Å². The van der Waals surface area contributed by atoms with E-state index in [1.807, 2.05) is 6.92 Å². The molecule has 43 heavy (non-hydrogen) atoms. The highest BCUT2D eigenvalue weighted by molar-refractivity contribution is 5.66. The molecule has 0 aliphatic heterocycles. The molecule has 1 aliphatic carbocycles. The van der Waals surface area contributed by atoms with E-state index in [4.69, 9.17) is 4.74 Å². The Labute approximate surface area is 248 Å². The largest absolute Gasteiger partial charge is 0.480 e. The van der Waals surface area contributed by atoms with Crippen LogP contribution < -0.4 is 9.47 Å². The molecule has 9 heteroatoms. The van der Waals surface area contributed by atoms with Crippen molar-refractivity contribution in [2.45, 2.75) is 90.1 Å². The highest BCUT2D eigenvalue weighted by Crippen LogP contribution is 2.41. The van der Waals surface area contributed by atoms with Gasteiger partial charge in [-0.15, -0.1) is 0 Å². The molecule has 234 valence electrons. The van der Waals surface area contributed by atoms with Gasteiger partial charge in [0.2, 0.25) is 0 Å². The summed E-state index contributed by atoms with van der Waals surface area (Å²) >= 11 is 0. The minimum atomic E-state index is -4.07. The van der Waals surface area contributed by atoms with Crippen molar-refractivity contribution < 1.29 is 40.2 Å². The molecule has 4 rings (SSSR count). The lowest BCUT2D eigenvalue weighted by Crippen LogP contribution is -2.32. The quantitative estimate of drug-likeness (QED) is 0.142. The van der Waals surface area contributed by atoms with Crippen LogP contribution in [-0.4, -0.2) is 12.7 Å². The molecular formula is C34H37F7O2. The van der Waals surface area contributed by atoms with Crippen LogP contribution in [0.3, 0.4) is 0 Å². The predicted molar refractivity (Wildman–Crippen MR) is 152 cm³/mol. The topological polar surface area (TPSA) is 18.5 Å². The van der Waals surface area contributed by atoms with Gasteiger partial charge in [-0.05, 0) is 85.8 Å². The molecule has 0 bridgehead atoms. The Kier molecular flexibility index (Phi) is 11.0. The van der Waals surface area contributed by atoms with Gasteiger partial charge in [-0.3, -0.25) is 0 Å². The first kappa shape index (κ1) is 32.7. The first-order valence-electron chi connectivity index (χ1n) is 15.0. The number of unbranched alkanes of at least 4 members (excludes halogenated alkanes) is 2. The highest BCUT2D eigenvalue weighted by atomic mass is 19.3. The normalized spacial score (nSPS) is 17.2. The molecule has 0 heterocycles. The average molecular weight is 611 g/mol. The average Bonchev–Trinajstić information content (AvgIpc) is 2.93. The first-order valence-corrected chi connectivity index (χ1v) is 15.0. The van der Waals surface area contributed by atoms with Crippen LogP contribution >= 0.6 is 0 Å². The lowest BCUT2D eigenvalue weighted by molar-refractivity contribution is -0.195. The number of ether oxygens (including phenoxy) is 2. The highest BCUT2D eigenvalue weighted by Gasteiger charge is 2.35. The van der Waals surface area contributed by atoms with Crippen molar-refractivity contribution in [3.63, 3.8) is 0 Å². The van der Waals surface area contributed by atoms with Crippen LogP contribution in [-0.2, 0) is 6.42 Å². The van der Waals surface area contributed by atoms with E-state index in [1.165, 1.54) is 12.1 Å². The van der Waals surface area contributed by atoms with Gasteiger partial charge in [0, 0.05) is 17.7 Å². The molecule has 1 saturated carbocycles. The van der Waals surface area contributed by atoms with E-state index in [9.17, 15) is 30.7 Å². The van der Waals surface area contributed by atoms with E-state index in [-0.39, 0.29) is 17.0 Å². The number of alkyl halides is 2. The summed E-state index contributed by atoms with van der Waals surface area (Å²) in [6.45, 7) is 2.63. The number of halogens is 7. The Morgan fingerprint density at radius 2 is 1.40 bits per heavy atom. The molecule has 1 fully saturated rings. The molecule has 1 aliphatic rings. The Morgan fingerprint density at radius 1 is 0.744 bits per heavy atom. The Balaban J connectivity index is 1.39. The van der Waals surface area contributed by atoms with Gasteiger partial charge in [0.15, 0.2) is 18.2 Å². The number of benzene rings is 3. The number of aryl methyl sites for hydroxylation is 1. The van der Waals surface area contributed by atoms with Gasteiger partial charge in [-0.25, -0.2) is 22.0 Å². The minimum absolute atomic E-state index is 0.122. The van der Waals surface area contributed by atoms with Gasteiger partial charge in [0.1, 0.15) is 29.0 Å². The molecule has 0 unspecified atom stereocenters. The minimum Gasteiger partial charge on any atom is -0.480 e. The molecule has 0 atom stereocenters. The zero-order valence-corrected chi connectivity index (χ0v) is 24.4. The van der Waals surface area contributed by atoms with Crippen LogP contribution in [0, 0.1) is 35.0 Å². The van der Waals surface area contributed by atoms with Gasteiger partial charge in [0.25, 0.3) is 0 Å². The van der Waals surface area contributed by atoms with Crippen LogP contribution in [0.15, 0.2) is 42.5 Å². The molecule has 3 aromatic carbocycles. The van der Waals surface area contributed by atoms with E-state index in [2.05, 4.69) is 11.7 Å². The lowest BCUT2D eigenvalue weighted by atomic mass is 9.77. The second kappa shape index (κ2) is 14.5. The SMILES string of the molecule is CCCCCc1cc(F)c(-c2ccc(OCC(F)(F)Oc3cc(F)c(C4CCC(CCC)CC4)c(F)c3)c(F)c2)c(F)c1. The second-order valence-electron chi connectivity index (χ2n) is 11.4. The van der Waals surface area contributed by atoms with Crippen molar-refractivity contribution in [3.8, 4) is 22.6 Å². The summed E-state index contributed by atoms with van der Waals surface area (Å²) in [5.41, 5.74) is -0.213. The molecule has 0 radical (unpaired) electrons. The lowest BCUT2D eigenvalue weighted by Gasteiger charge is -2.29. The standard InChI is InChI=1S/C34H37F7O2/c1-3-5-6-8-22-15-27(36)33(28(37)16-22)24-13-14-31(26(35)17-24)42-20-34(40,41)43-25-18-29(38)32(30(39)19-25)23-11-9-21(7-4-2)10-12-23/h13-19,21,23H,3-12,20H2,1-2H3. The van der Waals surface area contributed by atoms with Crippen molar-refractivity contribution in [2.75, 3.05) is 6.61 Å². The Bertz CT molecular complexity index is 1340. The van der Waals surface area contributed by atoms with Crippen LogP contribution in [0.5, 0.6) is 11.5 Å². The third kappa shape index (κ3) is 8.45. The van der Waals surface area contributed by atoms with Gasteiger partial charge in [0.05, 0.1) is 5.56 Å². The Morgan fingerprint density at radius 3 is 1.98 bits per heavy atom. The van der Waals surface area contributed by atoms with Crippen LogP contribution in [0.25, 0.3) is 11.1 Å². The van der Waals surface area contributed by atoms with Crippen LogP contribution in [0.2, 0.25) is 0 Å². The summed E-state index contributed by atoms with van der Waals surface area (Å²) in [6.07, 6.45) is 4.16. The van der Waals surface area contributed by atoms with Gasteiger partial charge >= 0.3 is 6.11 Å². The van der Waals surface area contributed by atoms with E-state index < -0.39 is 58.9 Å². The van der Waals surface area contributed by atoms with E-state index in [1.54, 1.807) is 0 Å². The summed E-state index contributed by atoms with van der Waals surface area (Å²) < 4.78 is 112. The Hall–Kier alpha value is -3.23. The summed E-state index contributed by atoms with van der Waals surface area (Å²) in [6, 6.07) is 6.74. The maximum Gasteiger partial charge on any atom is 0.433 e. The van der Waals surface area contributed by atoms with Crippen molar-refractivity contribution in [3.05, 3.63) is 82.7 Å². The molecule has 0 amide bonds. The third-order valence-corrected chi connectivity index (χ3v) is 8.06. The molecule has 3 aromatic rings. The van der Waals surface area contributed by atoms with Crippen molar-refractivity contribution in [1.82, 2.24) is 0 Å². The van der Waals surface area contributed by atoms with Crippen molar-refractivity contribution in [2.24, 2.45) is 5.92 Å². The maximum atomic E-state index is 14.8. The molecule has 2 nitrogen and oxygen atoms in total. The maximum absolute atomic E-state index is 14.8. The number of rotatable bonds is 13. The van der Waals surface area contributed by atoms with E-state index in [0.717, 1.165) is 75.3 Å². The van der Waals surface area contributed by atoms with Crippen molar-refractivity contribution in [1.29, 1.82) is 0 Å². The smallest absolute Gasteiger partial charge is 0.433 e. The van der Waals surface area contributed by atoms with Gasteiger partial charge < -0.3 is 9.47 Å². The molecule has 0 spiro atoms. The predicted octanol–water partition coefficient (Wildman–Crippen LogP) is 10.9. The number of hydrogen-bond acceptors (Lipinski definition) is 2. The summed E-state index contributed by atoms with van der Waals surface area (Å²) in [4.78, 5) is 0. The zero-order chi connectivity index (χ0) is 31.1. The summed E-state index contributed by atoms with van der Waals surface area (Å²) in [5, 5.41) is 0. The number of hydrogen-bond donors (Lipinski definition) is 0. The summed E-state index contributed by atoms with van der Waals surface area (Å²) in [5.74, 6) is -5.92. The van der Waals surface area contributed by atoms with Crippen LogP contribution in [0.1, 0.15) is 88.7 Å². The monoisotopic (exact) mass is 610 g/mol.